The molecule has 1 aromatic carbocycles. The van der Waals surface area contributed by atoms with Crippen molar-refractivity contribution in [3.8, 4) is 0 Å². The first-order chi connectivity index (χ1) is 8.84. The molecule has 3 aromatic rings. The molecule has 2 N–H and O–H groups in total. The quantitative estimate of drug-likeness (QED) is 0.743. The number of nitrogens with two attached hydrogens (primary N) is 1. The monoisotopic (exact) mass is 235 g/mol. The fourth-order valence-electron chi connectivity index (χ4n) is 2.13. The Balaban J connectivity index is 2.08. The van der Waals surface area contributed by atoms with E-state index in [0.29, 0.717) is 0 Å². The minimum atomic E-state index is 0.788. The van der Waals surface area contributed by atoms with Crippen LogP contribution in [-0.4, -0.2) is 9.97 Å². The van der Waals surface area contributed by atoms with Crippen LogP contribution >= 0.6 is 0 Å². The first-order valence-corrected chi connectivity index (χ1v) is 5.84. The first-order valence-electron chi connectivity index (χ1n) is 5.84. The van der Waals surface area contributed by atoms with Crippen molar-refractivity contribution < 1.29 is 0 Å². The van der Waals surface area contributed by atoms with Gasteiger partial charge in [0.2, 0.25) is 0 Å². The summed E-state index contributed by atoms with van der Waals surface area (Å²) in [4.78, 5) is 8.27. The van der Waals surface area contributed by atoms with Crippen LogP contribution in [0.5, 0.6) is 0 Å². The minimum absolute atomic E-state index is 0.788. The van der Waals surface area contributed by atoms with Crippen LogP contribution in [-0.2, 0) is 6.42 Å². The normalized spacial score (nSPS) is 10.7. The van der Waals surface area contributed by atoms with Crippen LogP contribution in [0.1, 0.15) is 11.1 Å². The second kappa shape index (κ2) is 4.45. The summed E-state index contributed by atoms with van der Waals surface area (Å²) in [6, 6.07) is 10.1. The molecule has 0 saturated carbocycles. The molecule has 18 heavy (non-hydrogen) atoms. The Hall–Kier alpha value is -2.42. The Labute approximate surface area is 105 Å². The maximum absolute atomic E-state index is 5.96. The summed E-state index contributed by atoms with van der Waals surface area (Å²) < 4.78 is 0. The smallest absolute Gasteiger partial charge is 0.0380 e. The Morgan fingerprint density at radius 1 is 0.889 bits per heavy atom. The highest BCUT2D eigenvalue weighted by Gasteiger charge is 2.04. The lowest BCUT2D eigenvalue weighted by Gasteiger charge is -2.08. The summed E-state index contributed by atoms with van der Waals surface area (Å²) >= 11 is 0. The van der Waals surface area contributed by atoms with E-state index in [0.717, 1.165) is 23.1 Å². The van der Waals surface area contributed by atoms with Crippen LogP contribution in [0.25, 0.3) is 10.8 Å². The number of fused-ring (bicyclic) bond motifs is 1. The van der Waals surface area contributed by atoms with E-state index in [1.807, 2.05) is 36.8 Å². The highest BCUT2D eigenvalue weighted by Crippen LogP contribution is 2.22. The molecule has 0 aliphatic heterocycles. The van der Waals surface area contributed by atoms with Crippen LogP contribution in [0.2, 0.25) is 0 Å². The van der Waals surface area contributed by atoms with Crippen molar-refractivity contribution in [2.45, 2.75) is 6.42 Å². The van der Waals surface area contributed by atoms with Gasteiger partial charge < -0.3 is 5.73 Å². The van der Waals surface area contributed by atoms with Crippen molar-refractivity contribution in [1.29, 1.82) is 0 Å². The third kappa shape index (κ3) is 1.91. The molecule has 3 nitrogen and oxygen atoms in total. The van der Waals surface area contributed by atoms with E-state index in [-0.39, 0.29) is 0 Å². The Bertz CT molecular complexity index is 687. The molecule has 0 atom stereocenters. The molecule has 0 aliphatic rings. The molecule has 3 rings (SSSR count). The van der Waals surface area contributed by atoms with E-state index in [2.05, 4.69) is 22.1 Å². The molecule has 2 heterocycles. The number of benzene rings is 1. The summed E-state index contributed by atoms with van der Waals surface area (Å²) in [5.74, 6) is 0. The Morgan fingerprint density at radius 2 is 1.72 bits per heavy atom. The summed E-state index contributed by atoms with van der Waals surface area (Å²) in [7, 11) is 0. The average molecular weight is 235 g/mol. The minimum Gasteiger partial charge on any atom is -0.398 e. The van der Waals surface area contributed by atoms with Gasteiger partial charge in [-0.15, -0.1) is 0 Å². The van der Waals surface area contributed by atoms with Gasteiger partial charge in [0.05, 0.1) is 0 Å². The third-order valence-corrected chi connectivity index (χ3v) is 3.09. The second-order valence-electron chi connectivity index (χ2n) is 4.27. The van der Waals surface area contributed by atoms with Gasteiger partial charge in [-0.3, -0.25) is 9.97 Å². The van der Waals surface area contributed by atoms with Gasteiger partial charge in [0.15, 0.2) is 0 Å². The molecule has 0 bridgehead atoms. The predicted octanol–water partition coefficient (Wildman–Crippen LogP) is 2.80. The van der Waals surface area contributed by atoms with Gasteiger partial charge in [0.25, 0.3) is 0 Å². The highest BCUT2D eigenvalue weighted by molar-refractivity contribution is 5.85. The third-order valence-electron chi connectivity index (χ3n) is 3.09. The van der Waals surface area contributed by atoms with E-state index in [1.54, 1.807) is 6.20 Å². The average Bonchev–Trinajstić information content (AvgIpc) is 2.42. The van der Waals surface area contributed by atoms with Gasteiger partial charge >= 0.3 is 0 Å². The molecule has 88 valence electrons. The van der Waals surface area contributed by atoms with Crippen molar-refractivity contribution in [3.05, 3.63) is 66.2 Å². The van der Waals surface area contributed by atoms with Crippen LogP contribution in [0.3, 0.4) is 0 Å². The van der Waals surface area contributed by atoms with E-state index in [9.17, 15) is 0 Å². The molecule has 0 saturated heterocycles. The van der Waals surface area contributed by atoms with Crippen LogP contribution in [0, 0.1) is 0 Å². The van der Waals surface area contributed by atoms with Crippen molar-refractivity contribution >= 4 is 16.5 Å². The van der Waals surface area contributed by atoms with Crippen molar-refractivity contribution in [3.63, 3.8) is 0 Å². The number of nitrogens with zero attached hydrogens (tertiary/aromatic N) is 2. The van der Waals surface area contributed by atoms with Gasteiger partial charge in [-0.2, -0.15) is 0 Å². The largest absolute Gasteiger partial charge is 0.398 e. The van der Waals surface area contributed by atoms with Gasteiger partial charge in [-0.1, -0.05) is 18.2 Å². The summed E-state index contributed by atoms with van der Waals surface area (Å²) in [6.45, 7) is 0. The Morgan fingerprint density at radius 3 is 2.61 bits per heavy atom. The predicted molar refractivity (Wildman–Crippen MR) is 73.2 cm³/mol. The Kier molecular flexibility index (Phi) is 2.65. The highest BCUT2D eigenvalue weighted by atomic mass is 14.7. The van der Waals surface area contributed by atoms with E-state index in [1.165, 1.54) is 10.9 Å². The number of aromatic nitrogens is 2. The van der Waals surface area contributed by atoms with Crippen LogP contribution < -0.4 is 5.73 Å². The lowest BCUT2D eigenvalue weighted by molar-refractivity contribution is 1.16. The van der Waals surface area contributed by atoms with Gasteiger partial charge in [0.1, 0.15) is 0 Å². The molecule has 0 fully saturated rings. The zero-order chi connectivity index (χ0) is 12.4. The molecule has 0 amide bonds. The van der Waals surface area contributed by atoms with Crippen LogP contribution in [0.4, 0.5) is 5.69 Å². The second-order valence-corrected chi connectivity index (χ2v) is 4.27. The molecular formula is C15H13N3. The van der Waals surface area contributed by atoms with Crippen LogP contribution in [0.15, 0.2) is 55.1 Å². The zero-order valence-electron chi connectivity index (χ0n) is 9.88. The lowest BCUT2D eigenvalue weighted by Crippen LogP contribution is -1.97. The van der Waals surface area contributed by atoms with Gasteiger partial charge in [-0.25, -0.2) is 0 Å². The van der Waals surface area contributed by atoms with E-state index >= 15 is 0 Å². The zero-order valence-corrected chi connectivity index (χ0v) is 9.88. The number of anilines is 1. The number of nitrogen functional groups attached to an aromatic ring is 1. The molecule has 2 aromatic heterocycles. The molecule has 0 aliphatic carbocycles. The fraction of sp³-hybridized carbons (Fsp3) is 0.0667. The first kappa shape index (κ1) is 10.7. The van der Waals surface area contributed by atoms with Gasteiger partial charge in [-0.05, 0) is 28.6 Å². The summed E-state index contributed by atoms with van der Waals surface area (Å²) in [6.07, 6.45) is 8.03. The standard InChI is InChI=1S/C15H13N3/c16-15-5-7-18-10-13(15)8-11-2-1-3-12-9-17-6-4-14(11)12/h1-7,9-10H,8H2,(H2,16,18). The molecular weight excluding hydrogens is 222 g/mol. The SMILES string of the molecule is Nc1ccncc1Cc1cccc2cnccc12. The number of pyridine rings is 2. The fourth-order valence-corrected chi connectivity index (χ4v) is 2.13. The van der Waals surface area contributed by atoms with Gasteiger partial charge in [0, 0.05) is 42.3 Å². The van der Waals surface area contributed by atoms with Crippen molar-refractivity contribution in [2.75, 3.05) is 5.73 Å². The maximum Gasteiger partial charge on any atom is 0.0380 e. The molecule has 3 heteroatoms. The summed E-state index contributed by atoms with van der Waals surface area (Å²) in [5.41, 5.74) is 9.05. The van der Waals surface area contributed by atoms with Crippen molar-refractivity contribution in [1.82, 2.24) is 9.97 Å². The van der Waals surface area contributed by atoms with Crippen molar-refractivity contribution in [2.24, 2.45) is 0 Å². The topological polar surface area (TPSA) is 51.8 Å². The molecule has 0 radical (unpaired) electrons. The maximum atomic E-state index is 5.96. The van der Waals surface area contributed by atoms with E-state index < -0.39 is 0 Å². The number of hydrogen-bond donors (Lipinski definition) is 1. The molecule has 0 spiro atoms. The summed E-state index contributed by atoms with van der Waals surface area (Å²) in [5, 5.41) is 2.37. The lowest BCUT2D eigenvalue weighted by atomic mass is 10.00. The number of hydrogen-bond acceptors (Lipinski definition) is 3. The number of rotatable bonds is 2. The van der Waals surface area contributed by atoms with E-state index in [4.69, 9.17) is 5.73 Å². The molecule has 0 unspecified atom stereocenters.